The summed E-state index contributed by atoms with van der Waals surface area (Å²) >= 11 is 1.48. The van der Waals surface area contributed by atoms with Gasteiger partial charge in [-0.25, -0.2) is 17.5 Å². The molecule has 2 aromatic rings. The molecule has 21 heavy (non-hydrogen) atoms. The van der Waals surface area contributed by atoms with E-state index < -0.39 is 15.8 Å². The van der Waals surface area contributed by atoms with Gasteiger partial charge in [-0.05, 0) is 40.6 Å². The Hall–Kier alpha value is -1.72. The second-order valence-corrected chi connectivity index (χ2v) is 6.62. The van der Waals surface area contributed by atoms with Crippen molar-refractivity contribution in [2.45, 2.75) is 11.4 Å². The monoisotopic (exact) mass is 324 g/mol. The molecule has 0 aliphatic heterocycles. The molecule has 0 radical (unpaired) electrons. The zero-order valence-corrected chi connectivity index (χ0v) is 12.6. The van der Waals surface area contributed by atoms with Crippen molar-refractivity contribution in [3.05, 3.63) is 52.0 Å². The first-order valence-electron chi connectivity index (χ1n) is 6.02. The number of hydrogen-bond donors (Lipinski definition) is 2. The van der Waals surface area contributed by atoms with Crippen LogP contribution in [-0.4, -0.2) is 15.0 Å². The van der Waals surface area contributed by atoms with E-state index in [-0.39, 0.29) is 23.5 Å². The SMILES string of the molecule is NCC#Cc1cc(F)ccc1S(=O)(=O)NCc1ccsc1. The molecule has 3 N–H and O–H groups in total. The summed E-state index contributed by atoms with van der Waals surface area (Å²) in [5.74, 6) is 4.57. The third-order valence-electron chi connectivity index (χ3n) is 2.60. The number of halogens is 1. The lowest BCUT2D eigenvalue weighted by atomic mass is 10.2. The van der Waals surface area contributed by atoms with Crippen molar-refractivity contribution < 1.29 is 12.8 Å². The van der Waals surface area contributed by atoms with Crippen LogP contribution in [0.5, 0.6) is 0 Å². The van der Waals surface area contributed by atoms with Crippen molar-refractivity contribution in [1.82, 2.24) is 4.72 Å². The fourth-order valence-electron chi connectivity index (χ4n) is 1.63. The molecule has 0 saturated carbocycles. The van der Waals surface area contributed by atoms with Crippen molar-refractivity contribution in [1.29, 1.82) is 0 Å². The van der Waals surface area contributed by atoms with E-state index in [9.17, 15) is 12.8 Å². The van der Waals surface area contributed by atoms with Gasteiger partial charge in [0.05, 0.1) is 11.4 Å². The minimum Gasteiger partial charge on any atom is -0.320 e. The van der Waals surface area contributed by atoms with Crippen LogP contribution in [0.1, 0.15) is 11.1 Å². The van der Waals surface area contributed by atoms with Gasteiger partial charge >= 0.3 is 0 Å². The molecule has 0 atom stereocenters. The van der Waals surface area contributed by atoms with Crippen molar-refractivity contribution >= 4 is 21.4 Å². The molecule has 0 bridgehead atoms. The summed E-state index contributed by atoms with van der Waals surface area (Å²) in [4.78, 5) is -0.0555. The molecule has 0 unspecified atom stereocenters. The van der Waals surface area contributed by atoms with Crippen LogP contribution in [0.3, 0.4) is 0 Å². The quantitative estimate of drug-likeness (QED) is 0.841. The molecule has 0 aliphatic carbocycles. The summed E-state index contributed by atoms with van der Waals surface area (Å²) in [6.07, 6.45) is 0. The topological polar surface area (TPSA) is 72.2 Å². The predicted octanol–water partition coefficient (Wildman–Crippen LogP) is 1.68. The van der Waals surface area contributed by atoms with E-state index in [4.69, 9.17) is 5.73 Å². The van der Waals surface area contributed by atoms with Gasteiger partial charge in [0.15, 0.2) is 0 Å². The van der Waals surface area contributed by atoms with Crippen molar-refractivity contribution in [2.75, 3.05) is 6.54 Å². The lowest BCUT2D eigenvalue weighted by Crippen LogP contribution is -2.24. The Labute approximate surface area is 126 Å². The molecular formula is C14H13FN2O2S2. The maximum absolute atomic E-state index is 13.3. The van der Waals surface area contributed by atoms with Gasteiger partial charge in [-0.1, -0.05) is 11.8 Å². The van der Waals surface area contributed by atoms with E-state index in [0.717, 1.165) is 17.7 Å². The van der Waals surface area contributed by atoms with Crippen LogP contribution in [-0.2, 0) is 16.6 Å². The van der Waals surface area contributed by atoms with Crippen LogP contribution < -0.4 is 10.5 Å². The first-order chi connectivity index (χ1) is 10.0. The minimum atomic E-state index is -3.77. The average molecular weight is 324 g/mol. The number of thiophene rings is 1. The maximum Gasteiger partial charge on any atom is 0.242 e. The molecule has 4 nitrogen and oxygen atoms in total. The molecule has 1 aromatic heterocycles. The Morgan fingerprint density at radius 2 is 2.14 bits per heavy atom. The molecule has 1 heterocycles. The largest absolute Gasteiger partial charge is 0.320 e. The summed E-state index contributed by atoms with van der Waals surface area (Å²) in [6.45, 7) is 0.241. The molecule has 2 rings (SSSR count). The van der Waals surface area contributed by atoms with E-state index in [1.165, 1.54) is 17.4 Å². The van der Waals surface area contributed by atoms with Crippen LogP contribution in [0.25, 0.3) is 0 Å². The fourth-order valence-corrected chi connectivity index (χ4v) is 3.46. The molecule has 7 heteroatoms. The third kappa shape index (κ3) is 4.12. The standard InChI is InChI=1S/C14H13FN2O2S2/c15-13-3-4-14(12(8-13)2-1-6-16)21(18,19)17-9-11-5-7-20-10-11/h3-5,7-8,10,17H,6,9,16H2. The summed E-state index contributed by atoms with van der Waals surface area (Å²) < 4.78 is 40.3. The molecule has 0 amide bonds. The van der Waals surface area contributed by atoms with E-state index in [1.54, 1.807) is 0 Å². The Bertz CT molecular complexity index is 775. The number of nitrogens with two attached hydrogens (primary N) is 1. The van der Waals surface area contributed by atoms with Gasteiger partial charge < -0.3 is 5.73 Å². The average Bonchev–Trinajstić information content (AvgIpc) is 2.96. The summed E-state index contributed by atoms with van der Waals surface area (Å²) in [5, 5.41) is 3.71. The van der Waals surface area contributed by atoms with Gasteiger partial charge in [-0.3, -0.25) is 0 Å². The Balaban J connectivity index is 2.30. The summed E-state index contributed by atoms with van der Waals surface area (Å²) in [6, 6.07) is 5.20. The minimum absolute atomic E-state index is 0.0555. The highest BCUT2D eigenvalue weighted by molar-refractivity contribution is 7.89. The zero-order valence-electron chi connectivity index (χ0n) is 11.0. The van der Waals surface area contributed by atoms with Gasteiger partial charge in [0.25, 0.3) is 0 Å². The number of nitrogens with one attached hydrogen (secondary N) is 1. The van der Waals surface area contributed by atoms with Gasteiger partial charge in [0.2, 0.25) is 10.0 Å². The van der Waals surface area contributed by atoms with Gasteiger partial charge in [-0.15, -0.1) is 0 Å². The number of benzene rings is 1. The number of sulfonamides is 1. The molecule has 0 fully saturated rings. The Kier molecular flexibility index (Phi) is 5.09. The van der Waals surface area contributed by atoms with E-state index in [2.05, 4.69) is 16.6 Å². The second-order valence-electron chi connectivity index (χ2n) is 4.10. The maximum atomic E-state index is 13.3. The smallest absolute Gasteiger partial charge is 0.242 e. The third-order valence-corrected chi connectivity index (χ3v) is 4.79. The van der Waals surface area contributed by atoms with E-state index in [1.807, 2.05) is 16.8 Å². The molecule has 110 valence electrons. The van der Waals surface area contributed by atoms with Crippen molar-refractivity contribution in [2.24, 2.45) is 5.73 Å². The lowest BCUT2D eigenvalue weighted by Gasteiger charge is -2.08. The number of hydrogen-bond acceptors (Lipinski definition) is 4. The Morgan fingerprint density at radius 1 is 1.33 bits per heavy atom. The molecule has 0 spiro atoms. The van der Waals surface area contributed by atoms with E-state index in [0.29, 0.717) is 0 Å². The Morgan fingerprint density at radius 3 is 2.81 bits per heavy atom. The van der Waals surface area contributed by atoms with E-state index >= 15 is 0 Å². The highest BCUT2D eigenvalue weighted by Gasteiger charge is 2.18. The van der Waals surface area contributed by atoms with Crippen LogP contribution in [0, 0.1) is 17.7 Å². The molecule has 0 saturated heterocycles. The normalized spacial score (nSPS) is 11.0. The highest BCUT2D eigenvalue weighted by atomic mass is 32.2. The molecule has 1 aromatic carbocycles. The second kappa shape index (κ2) is 6.83. The first-order valence-corrected chi connectivity index (χ1v) is 8.45. The molecule has 0 aliphatic rings. The lowest BCUT2D eigenvalue weighted by molar-refractivity contribution is 0.580. The van der Waals surface area contributed by atoms with Crippen LogP contribution >= 0.6 is 11.3 Å². The van der Waals surface area contributed by atoms with Gasteiger partial charge in [0, 0.05) is 12.1 Å². The summed E-state index contributed by atoms with van der Waals surface area (Å²) in [7, 11) is -3.77. The van der Waals surface area contributed by atoms with Gasteiger partial charge in [-0.2, -0.15) is 11.3 Å². The van der Waals surface area contributed by atoms with Crippen molar-refractivity contribution in [3.63, 3.8) is 0 Å². The fraction of sp³-hybridized carbons (Fsp3) is 0.143. The predicted molar refractivity (Wildman–Crippen MR) is 80.7 cm³/mol. The molecular weight excluding hydrogens is 311 g/mol. The first kappa shape index (κ1) is 15.7. The van der Waals surface area contributed by atoms with Crippen LogP contribution in [0.4, 0.5) is 4.39 Å². The zero-order chi connectivity index (χ0) is 15.3. The highest BCUT2D eigenvalue weighted by Crippen LogP contribution is 2.17. The van der Waals surface area contributed by atoms with Crippen LogP contribution in [0.15, 0.2) is 39.9 Å². The van der Waals surface area contributed by atoms with Crippen LogP contribution in [0.2, 0.25) is 0 Å². The van der Waals surface area contributed by atoms with Gasteiger partial charge in [0.1, 0.15) is 5.82 Å². The number of rotatable bonds is 4. The summed E-state index contributed by atoms with van der Waals surface area (Å²) in [5.41, 5.74) is 6.22. The van der Waals surface area contributed by atoms with Crippen molar-refractivity contribution in [3.8, 4) is 11.8 Å².